The van der Waals surface area contributed by atoms with Crippen LogP contribution in [-0.4, -0.2) is 45.8 Å². The maximum atomic E-state index is 6.07. The fourth-order valence-corrected chi connectivity index (χ4v) is 3.95. The van der Waals surface area contributed by atoms with Crippen LogP contribution in [0.25, 0.3) is 0 Å². The number of nitrogens with zero attached hydrogens (tertiary/aromatic N) is 1. The molecule has 0 saturated heterocycles. The van der Waals surface area contributed by atoms with Gasteiger partial charge in [0.25, 0.3) is 0 Å². The van der Waals surface area contributed by atoms with Crippen molar-refractivity contribution in [3.63, 3.8) is 0 Å². The van der Waals surface area contributed by atoms with Crippen LogP contribution in [0.3, 0.4) is 0 Å². The number of rotatable bonds is 7. The molecule has 0 saturated carbocycles. The Kier molecular flexibility index (Phi) is 6.78. The van der Waals surface area contributed by atoms with Gasteiger partial charge in [-0.3, -0.25) is 0 Å². The van der Waals surface area contributed by atoms with E-state index in [2.05, 4.69) is 83.3 Å². The molecule has 2 aromatic rings. The van der Waals surface area contributed by atoms with E-state index in [1.807, 2.05) is 0 Å². The van der Waals surface area contributed by atoms with Gasteiger partial charge in [-0.15, -0.1) is 0 Å². The van der Waals surface area contributed by atoms with Crippen molar-refractivity contribution in [2.45, 2.75) is 18.9 Å². The minimum atomic E-state index is 0.198. The molecule has 140 valence electrons. The predicted molar refractivity (Wildman–Crippen MR) is 114 cm³/mol. The quantitative estimate of drug-likeness (QED) is 0.497. The van der Waals surface area contributed by atoms with Gasteiger partial charge in [0, 0.05) is 16.7 Å². The van der Waals surface area contributed by atoms with Gasteiger partial charge >= 0.3 is 0 Å². The molecule has 0 aromatic heterocycles. The summed E-state index contributed by atoms with van der Waals surface area (Å²) in [5, 5.41) is 3.66. The highest BCUT2D eigenvalue weighted by Gasteiger charge is 2.24. The first kappa shape index (κ1) is 19.5. The second kappa shape index (κ2) is 9.06. The van der Waals surface area contributed by atoms with Crippen molar-refractivity contribution in [1.82, 2.24) is 10.2 Å². The van der Waals surface area contributed by atoms with E-state index in [1.165, 1.54) is 20.3 Å². The third-order valence-corrected chi connectivity index (χ3v) is 5.34. The average molecular weight is 466 g/mol. The van der Waals surface area contributed by atoms with Gasteiger partial charge in [0.1, 0.15) is 0 Å². The summed E-state index contributed by atoms with van der Waals surface area (Å²) in [5.74, 6) is 1.67. The van der Waals surface area contributed by atoms with E-state index in [-0.39, 0.29) is 6.04 Å². The Labute approximate surface area is 170 Å². The van der Waals surface area contributed by atoms with E-state index in [0.717, 1.165) is 37.4 Å². The van der Waals surface area contributed by atoms with Crippen molar-refractivity contribution in [1.29, 1.82) is 0 Å². The molecular formula is C21H27IN2O2. The van der Waals surface area contributed by atoms with Crippen molar-refractivity contribution in [3.8, 4) is 11.5 Å². The summed E-state index contributed by atoms with van der Waals surface area (Å²) in [4.78, 5) is 2.17. The highest BCUT2D eigenvalue weighted by Crippen LogP contribution is 2.37. The Hall–Kier alpha value is -1.31. The lowest BCUT2D eigenvalue weighted by Crippen LogP contribution is -2.30. The molecule has 1 aliphatic heterocycles. The van der Waals surface area contributed by atoms with Crippen LogP contribution in [0.2, 0.25) is 0 Å². The molecule has 1 unspecified atom stereocenters. The van der Waals surface area contributed by atoms with Crippen LogP contribution in [-0.2, 0) is 6.42 Å². The zero-order valence-corrected chi connectivity index (χ0v) is 17.9. The Morgan fingerprint density at radius 1 is 1.19 bits per heavy atom. The van der Waals surface area contributed by atoms with Crippen LogP contribution in [0.4, 0.5) is 0 Å². The third kappa shape index (κ3) is 4.69. The number of methoxy groups -OCH3 is 1. The van der Waals surface area contributed by atoms with Crippen molar-refractivity contribution in [3.05, 3.63) is 56.7 Å². The third-order valence-electron chi connectivity index (χ3n) is 4.67. The number of ether oxygens (including phenoxy) is 2. The van der Waals surface area contributed by atoms with Crippen LogP contribution in [0.5, 0.6) is 11.5 Å². The average Bonchev–Trinajstić information content (AvgIpc) is 2.63. The first-order valence-corrected chi connectivity index (χ1v) is 10.1. The molecule has 1 N–H and O–H groups in total. The van der Waals surface area contributed by atoms with E-state index in [0.29, 0.717) is 6.61 Å². The largest absolute Gasteiger partial charge is 0.493 e. The summed E-state index contributed by atoms with van der Waals surface area (Å²) in [6.07, 6.45) is 2.00. The number of nitrogens with one attached hydrogen (secondary N) is 1. The second-order valence-electron chi connectivity index (χ2n) is 6.90. The highest BCUT2D eigenvalue weighted by atomic mass is 127. The molecule has 5 heteroatoms. The summed E-state index contributed by atoms with van der Waals surface area (Å²) in [6.45, 7) is 2.67. The number of hydrogen-bond donors (Lipinski definition) is 1. The topological polar surface area (TPSA) is 33.7 Å². The Balaban J connectivity index is 1.87. The summed E-state index contributed by atoms with van der Waals surface area (Å²) in [5.41, 5.74) is 3.92. The van der Waals surface area contributed by atoms with Gasteiger partial charge in [-0.2, -0.15) is 0 Å². The minimum absolute atomic E-state index is 0.198. The van der Waals surface area contributed by atoms with Gasteiger partial charge in [-0.1, -0.05) is 12.1 Å². The monoisotopic (exact) mass is 466 g/mol. The Bertz CT molecular complexity index is 749. The van der Waals surface area contributed by atoms with Gasteiger partial charge < -0.3 is 19.7 Å². The molecular weight excluding hydrogens is 439 g/mol. The minimum Gasteiger partial charge on any atom is -0.493 e. The molecule has 0 radical (unpaired) electrons. The van der Waals surface area contributed by atoms with Crippen LogP contribution in [0.15, 0.2) is 36.4 Å². The number of benzene rings is 2. The SMILES string of the molecule is COc1cc2c(cc1OCCCN(C)C)C(c1cccc(I)c1)NCC2. The first-order chi connectivity index (χ1) is 12.6. The van der Waals surface area contributed by atoms with Gasteiger partial charge in [0.05, 0.1) is 19.8 Å². The molecule has 0 amide bonds. The molecule has 4 nitrogen and oxygen atoms in total. The summed E-state index contributed by atoms with van der Waals surface area (Å²) >= 11 is 2.37. The standard InChI is InChI=1S/C21H27IN2O2/c1-24(2)10-5-11-26-20-14-18-15(13-19(20)25-3)8-9-23-21(18)16-6-4-7-17(22)12-16/h4,6-7,12-14,21,23H,5,8-11H2,1-3H3. The Morgan fingerprint density at radius 3 is 2.77 bits per heavy atom. The number of halogens is 1. The second-order valence-corrected chi connectivity index (χ2v) is 8.14. The fourth-order valence-electron chi connectivity index (χ4n) is 3.38. The molecule has 0 spiro atoms. The zero-order chi connectivity index (χ0) is 18.5. The van der Waals surface area contributed by atoms with E-state index in [9.17, 15) is 0 Å². The molecule has 0 fully saturated rings. The lowest BCUT2D eigenvalue weighted by molar-refractivity contribution is 0.267. The van der Waals surface area contributed by atoms with E-state index >= 15 is 0 Å². The van der Waals surface area contributed by atoms with E-state index < -0.39 is 0 Å². The van der Waals surface area contributed by atoms with Gasteiger partial charge in [0.15, 0.2) is 11.5 Å². The van der Waals surface area contributed by atoms with Gasteiger partial charge in [-0.25, -0.2) is 0 Å². The smallest absolute Gasteiger partial charge is 0.161 e. The summed E-state index contributed by atoms with van der Waals surface area (Å²) in [7, 11) is 5.88. The molecule has 26 heavy (non-hydrogen) atoms. The molecule has 1 atom stereocenters. The normalized spacial score (nSPS) is 16.4. The molecule has 1 heterocycles. The lowest BCUT2D eigenvalue weighted by Gasteiger charge is -2.29. The first-order valence-electron chi connectivity index (χ1n) is 9.05. The maximum absolute atomic E-state index is 6.07. The van der Waals surface area contributed by atoms with E-state index in [4.69, 9.17) is 9.47 Å². The summed E-state index contributed by atoms with van der Waals surface area (Å²) in [6, 6.07) is 13.2. The van der Waals surface area contributed by atoms with E-state index in [1.54, 1.807) is 7.11 Å². The molecule has 1 aliphatic rings. The van der Waals surface area contributed by atoms with Crippen molar-refractivity contribution < 1.29 is 9.47 Å². The number of hydrogen-bond acceptors (Lipinski definition) is 4. The number of fused-ring (bicyclic) bond motifs is 1. The summed E-state index contributed by atoms with van der Waals surface area (Å²) < 4.78 is 12.9. The van der Waals surface area contributed by atoms with Crippen LogP contribution in [0, 0.1) is 3.57 Å². The zero-order valence-electron chi connectivity index (χ0n) is 15.7. The maximum Gasteiger partial charge on any atom is 0.161 e. The predicted octanol–water partition coefficient (Wildman–Crippen LogP) is 3.87. The van der Waals surface area contributed by atoms with Gasteiger partial charge in [0.2, 0.25) is 0 Å². The van der Waals surface area contributed by atoms with Crippen LogP contribution < -0.4 is 14.8 Å². The van der Waals surface area contributed by atoms with Crippen molar-refractivity contribution in [2.24, 2.45) is 0 Å². The molecule has 0 bridgehead atoms. The van der Waals surface area contributed by atoms with Gasteiger partial charge in [-0.05, 0) is 90.5 Å². The lowest BCUT2D eigenvalue weighted by atomic mass is 9.89. The van der Waals surface area contributed by atoms with Crippen molar-refractivity contribution in [2.75, 3.05) is 40.9 Å². The molecule has 0 aliphatic carbocycles. The van der Waals surface area contributed by atoms with Crippen molar-refractivity contribution >= 4 is 22.6 Å². The van der Waals surface area contributed by atoms with Crippen LogP contribution >= 0.6 is 22.6 Å². The molecule has 2 aromatic carbocycles. The Morgan fingerprint density at radius 2 is 2.04 bits per heavy atom. The highest BCUT2D eigenvalue weighted by molar-refractivity contribution is 14.1. The van der Waals surface area contributed by atoms with Crippen LogP contribution in [0.1, 0.15) is 29.2 Å². The molecule has 3 rings (SSSR count). The fraction of sp³-hybridized carbons (Fsp3) is 0.429.